The van der Waals surface area contributed by atoms with Gasteiger partial charge < -0.3 is 14.9 Å². The molecule has 1 heterocycles. The number of rotatable bonds is 4. The van der Waals surface area contributed by atoms with E-state index in [1.807, 2.05) is 27.7 Å². The molecule has 0 amide bonds. The van der Waals surface area contributed by atoms with Crippen LogP contribution in [0.15, 0.2) is 11.6 Å². The first-order chi connectivity index (χ1) is 15.8. The summed E-state index contributed by atoms with van der Waals surface area (Å²) in [6, 6.07) is 0. The van der Waals surface area contributed by atoms with Crippen molar-refractivity contribution in [3.63, 3.8) is 0 Å². The molecular formula is C30H54O3. The lowest BCUT2D eigenvalue weighted by atomic mass is 9.47. The predicted molar refractivity (Wildman–Crippen MR) is 138 cm³/mol. The molecule has 2 N–H and O–H groups in total. The number of aliphatic hydroxyl groups excluding tert-OH is 1. The van der Waals surface area contributed by atoms with Crippen molar-refractivity contribution in [2.45, 2.75) is 131 Å². The molecule has 0 aromatic heterocycles. The first-order valence-electron chi connectivity index (χ1n) is 14.5. The van der Waals surface area contributed by atoms with Crippen molar-refractivity contribution < 1.29 is 14.9 Å². The van der Waals surface area contributed by atoms with Gasteiger partial charge in [0.1, 0.15) is 0 Å². The van der Waals surface area contributed by atoms with Crippen LogP contribution in [0.4, 0.5) is 0 Å². The van der Waals surface area contributed by atoms with Gasteiger partial charge in [0.05, 0.1) is 6.10 Å². The number of ether oxygens (including phenoxy) is 1. The minimum absolute atomic E-state index is 0.207. The van der Waals surface area contributed by atoms with Gasteiger partial charge in [0.2, 0.25) is 0 Å². The highest BCUT2D eigenvalue weighted by Crippen LogP contribution is 2.69. The van der Waals surface area contributed by atoms with Crippen LogP contribution in [0, 0.1) is 40.4 Å². The van der Waals surface area contributed by atoms with Crippen molar-refractivity contribution in [1.29, 1.82) is 0 Å². The monoisotopic (exact) mass is 462 g/mol. The Balaban J connectivity index is 0.000000728. The van der Waals surface area contributed by atoms with Crippen LogP contribution >= 0.6 is 0 Å². The molecule has 3 nitrogen and oxygen atoms in total. The average molecular weight is 463 g/mol. The summed E-state index contributed by atoms with van der Waals surface area (Å²) in [6.45, 7) is 15.8. The van der Waals surface area contributed by atoms with Crippen LogP contribution in [0.3, 0.4) is 0 Å². The molecule has 9 atom stereocenters. The largest absolute Gasteiger partial charge is 0.396 e. The van der Waals surface area contributed by atoms with Crippen LogP contribution in [0.25, 0.3) is 0 Å². The van der Waals surface area contributed by atoms with Gasteiger partial charge in [-0.3, -0.25) is 0 Å². The lowest BCUT2D eigenvalue weighted by Gasteiger charge is -2.58. The summed E-state index contributed by atoms with van der Waals surface area (Å²) >= 11 is 0. The maximum Gasteiger partial charge on any atom is 0.166 e. The molecule has 3 heteroatoms. The van der Waals surface area contributed by atoms with Gasteiger partial charge in [-0.05, 0) is 98.2 Å². The molecule has 4 aliphatic carbocycles. The minimum atomic E-state index is -0.944. The molecule has 192 valence electrons. The highest BCUT2D eigenvalue weighted by molar-refractivity contribution is 5.25. The van der Waals surface area contributed by atoms with Crippen molar-refractivity contribution in [2.75, 3.05) is 6.61 Å². The molecule has 8 unspecified atom stereocenters. The molecule has 33 heavy (non-hydrogen) atoms. The van der Waals surface area contributed by atoms with Crippen molar-refractivity contribution in [1.82, 2.24) is 0 Å². The molecule has 0 radical (unpaired) electrons. The van der Waals surface area contributed by atoms with Crippen molar-refractivity contribution in [3.8, 4) is 0 Å². The quantitative estimate of drug-likeness (QED) is 0.336. The minimum Gasteiger partial charge on any atom is -0.396 e. The van der Waals surface area contributed by atoms with E-state index in [-0.39, 0.29) is 12.7 Å². The van der Waals surface area contributed by atoms with E-state index in [2.05, 4.69) is 26.8 Å². The van der Waals surface area contributed by atoms with Crippen molar-refractivity contribution >= 4 is 0 Å². The van der Waals surface area contributed by atoms with Gasteiger partial charge >= 0.3 is 0 Å². The van der Waals surface area contributed by atoms with E-state index in [9.17, 15) is 5.11 Å². The van der Waals surface area contributed by atoms with E-state index in [1.165, 1.54) is 38.5 Å². The van der Waals surface area contributed by atoms with Gasteiger partial charge in [0.25, 0.3) is 0 Å². The summed E-state index contributed by atoms with van der Waals surface area (Å²) < 4.78 is 6.36. The van der Waals surface area contributed by atoms with Gasteiger partial charge in [-0.2, -0.15) is 0 Å². The van der Waals surface area contributed by atoms with Crippen molar-refractivity contribution in [2.24, 2.45) is 40.4 Å². The lowest BCUT2D eigenvalue weighted by Crippen LogP contribution is -2.50. The molecule has 5 aliphatic rings. The zero-order chi connectivity index (χ0) is 24.4. The number of aliphatic hydroxyl groups is 2. The fourth-order valence-electron chi connectivity index (χ4n) is 8.78. The summed E-state index contributed by atoms with van der Waals surface area (Å²) in [5.41, 5.74) is 2.56. The third-order valence-corrected chi connectivity index (χ3v) is 10.5. The highest BCUT2D eigenvalue weighted by atomic mass is 16.6. The van der Waals surface area contributed by atoms with Crippen LogP contribution in [-0.2, 0) is 4.74 Å². The Morgan fingerprint density at radius 1 is 1.00 bits per heavy atom. The van der Waals surface area contributed by atoms with Crippen LogP contribution < -0.4 is 0 Å². The fraction of sp³-hybridized carbons (Fsp3) is 0.933. The number of fused-ring (bicyclic) bond motifs is 7. The summed E-state index contributed by atoms with van der Waals surface area (Å²) in [6.07, 6.45) is 15.2. The molecule has 0 spiro atoms. The molecule has 0 aromatic rings. The van der Waals surface area contributed by atoms with Gasteiger partial charge in [0, 0.05) is 19.4 Å². The van der Waals surface area contributed by atoms with Gasteiger partial charge in [0.15, 0.2) is 5.79 Å². The van der Waals surface area contributed by atoms with Crippen LogP contribution in [0.5, 0.6) is 0 Å². The van der Waals surface area contributed by atoms with E-state index in [1.54, 1.807) is 5.57 Å². The van der Waals surface area contributed by atoms with Crippen LogP contribution in [-0.4, -0.2) is 28.7 Å². The summed E-state index contributed by atoms with van der Waals surface area (Å²) in [5, 5.41) is 20.1. The number of unbranched alkanes of at least 4 members (excludes halogenated alkanes) is 1. The maximum atomic E-state index is 11.1. The lowest BCUT2D eigenvalue weighted by molar-refractivity contribution is -0.200. The van der Waals surface area contributed by atoms with E-state index in [0.717, 1.165) is 49.4 Å². The zero-order valence-electron chi connectivity index (χ0n) is 22.8. The Hall–Kier alpha value is -0.380. The Bertz CT molecular complexity index is 673. The maximum absolute atomic E-state index is 11.1. The molecule has 3 saturated carbocycles. The van der Waals surface area contributed by atoms with E-state index >= 15 is 0 Å². The van der Waals surface area contributed by atoms with E-state index in [0.29, 0.717) is 23.2 Å². The molecule has 0 aromatic carbocycles. The van der Waals surface area contributed by atoms with Gasteiger partial charge in [-0.15, -0.1) is 0 Å². The van der Waals surface area contributed by atoms with E-state index < -0.39 is 5.79 Å². The van der Waals surface area contributed by atoms with Crippen molar-refractivity contribution in [3.05, 3.63) is 11.6 Å². The van der Waals surface area contributed by atoms with Crippen LogP contribution in [0.2, 0.25) is 0 Å². The normalized spacial score (nSPS) is 47.5. The van der Waals surface area contributed by atoms with Gasteiger partial charge in [-0.1, -0.05) is 60.1 Å². The fourth-order valence-corrected chi connectivity index (χ4v) is 8.78. The summed E-state index contributed by atoms with van der Waals surface area (Å²) in [4.78, 5) is 0. The molecule has 1 saturated heterocycles. The topological polar surface area (TPSA) is 49.7 Å². The molecule has 5 rings (SSSR count). The Morgan fingerprint density at radius 2 is 1.73 bits per heavy atom. The second-order valence-electron chi connectivity index (χ2n) is 12.0. The van der Waals surface area contributed by atoms with Gasteiger partial charge in [-0.25, -0.2) is 0 Å². The smallest absolute Gasteiger partial charge is 0.166 e. The SMILES string of the molecule is CC.CC.CC1CCC2(C)C(=CCC3C4CC5OC(O)(CCCCO)CC5C4(C)CC[C@@H]32)C1. The van der Waals surface area contributed by atoms with Crippen LogP contribution in [0.1, 0.15) is 119 Å². The molecular weight excluding hydrogens is 408 g/mol. The summed E-state index contributed by atoms with van der Waals surface area (Å²) in [5.74, 6) is 2.86. The molecule has 4 fully saturated rings. The number of hydrogen-bond donors (Lipinski definition) is 2. The van der Waals surface area contributed by atoms with E-state index in [4.69, 9.17) is 9.84 Å². The number of hydrogen-bond acceptors (Lipinski definition) is 3. The Kier molecular flexibility index (Phi) is 8.83. The number of allylic oxidation sites excluding steroid dienone is 2. The Labute approximate surface area is 204 Å². The first kappa shape index (κ1) is 27.2. The summed E-state index contributed by atoms with van der Waals surface area (Å²) in [7, 11) is 0. The standard InChI is InChI=1S/C26H42O3.2C2H6/c1-17-8-11-24(2)18(14-17)6-7-19-20(24)9-12-25(3)21(19)15-23-22(25)16-26(28,29-23)10-4-5-13-27;2*1-2/h6,17,19-23,27-28H,4-5,7-16H2,1-3H3;2*1-2H3/t17?,19?,20-,21?,22?,23?,24?,25?,26?;;/m0../s1. The molecule has 0 bridgehead atoms. The Morgan fingerprint density at radius 3 is 2.42 bits per heavy atom. The highest BCUT2D eigenvalue weighted by Gasteiger charge is 2.65. The predicted octanol–water partition coefficient (Wildman–Crippen LogP) is 7.50. The zero-order valence-corrected chi connectivity index (χ0v) is 22.8. The third kappa shape index (κ3) is 4.73. The second kappa shape index (κ2) is 10.7. The average Bonchev–Trinajstić information content (AvgIpc) is 3.29. The third-order valence-electron chi connectivity index (χ3n) is 10.5. The second-order valence-corrected chi connectivity index (χ2v) is 12.0. The molecule has 1 aliphatic heterocycles. The first-order valence-corrected chi connectivity index (χ1v) is 14.5.